The van der Waals surface area contributed by atoms with Crippen molar-refractivity contribution < 1.29 is 4.42 Å². The second-order valence-electron chi connectivity index (χ2n) is 16.4. The van der Waals surface area contributed by atoms with Crippen LogP contribution in [-0.2, 0) is 5.41 Å². The van der Waals surface area contributed by atoms with Crippen LogP contribution in [0.5, 0.6) is 0 Å². The van der Waals surface area contributed by atoms with Gasteiger partial charge in [0.15, 0.2) is 5.82 Å². The number of aromatic nitrogens is 2. The molecule has 3 nitrogen and oxygen atoms in total. The number of furan rings is 1. The number of benzene rings is 9. The van der Waals surface area contributed by atoms with Crippen molar-refractivity contribution in [1.29, 1.82) is 0 Å². The van der Waals surface area contributed by atoms with Crippen LogP contribution >= 0.6 is 0 Å². The van der Waals surface area contributed by atoms with Crippen LogP contribution in [0.25, 0.3) is 100 Å². The minimum atomic E-state index is -0.545. The number of rotatable bonds is 4. The van der Waals surface area contributed by atoms with Crippen molar-refractivity contribution in [3.63, 3.8) is 0 Å². The monoisotopic (exact) mass is 788 g/mol. The van der Waals surface area contributed by atoms with Crippen molar-refractivity contribution in [1.82, 2.24) is 9.97 Å². The van der Waals surface area contributed by atoms with Crippen LogP contribution in [0.2, 0.25) is 0 Å². The molecule has 2 aromatic heterocycles. The van der Waals surface area contributed by atoms with Gasteiger partial charge in [0.25, 0.3) is 0 Å². The first-order valence-corrected chi connectivity index (χ1v) is 21.2. The van der Waals surface area contributed by atoms with Gasteiger partial charge in [-0.15, -0.1) is 0 Å². The number of hydrogen-bond acceptors (Lipinski definition) is 3. The summed E-state index contributed by atoms with van der Waals surface area (Å²) in [6.07, 6.45) is 0. The van der Waals surface area contributed by atoms with Gasteiger partial charge in [-0.25, -0.2) is 9.97 Å². The second-order valence-corrected chi connectivity index (χ2v) is 16.4. The van der Waals surface area contributed by atoms with Gasteiger partial charge in [0.2, 0.25) is 0 Å². The maximum atomic E-state index is 6.37. The molecule has 2 heterocycles. The first-order valence-electron chi connectivity index (χ1n) is 21.2. The van der Waals surface area contributed by atoms with Gasteiger partial charge in [-0.2, -0.15) is 0 Å². The van der Waals surface area contributed by atoms with E-state index in [9.17, 15) is 0 Å². The van der Waals surface area contributed by atoms with Gasteiger partial charge in [0.05, 0.1) is 16.8 Å². The molecule has 2 aliphatic rings. The van der Waals surface area contributed by atoms with Crippen molar-refractivity contribution in [3.05, 3.63) is 241 Å². The normalized spacial score (nSPS) is 13.0. The van der Waals surface area contributed by atoms with Crippen molar-refractivity contribution in [2.24, 2.45) is 0 Å². The molecular weight excluding hydrogens is 753 g/mol. The molecule has 2 aliphatic carbocycles. The maximum Gasteiger partial charge on any atom is 0.160 e. The molecule has 0 saturated carbocycles. The minimum Gasteiger partial charge on any atom is -0.456 e. The van der Waals surface area contributed by atoms with E-state index < -0.39 is 5.41 Å². The van der Waals surface area contributed by atoms with Crippen LogP contribution in [-0.4, -0.2) is 9.97 Å². The number of nitrogens with zero attached hydrogens (tertiary/aromatic N) is 2. The number of para-hydroxylation sites is 1. The summed E-state index contributed by atoms with van der Waals surface area (Å²) >= 11 is 0. The van der Waals surface area contributed by atoms with Gasteiger partial charge in [-0.3, -0.25) is 0 Å². The first kappa shape index (κ1) is 34.7. The summed E-state index contributed by atoms with van der Waals surface area (Å²) < 4.78 is 6.37. The third kappa shape index (κ3) is 5.00. The predicted octanol–water partition coefficient (Wildman–Crippen LogP) is 15.1. The van der Waals surface area contributed by atoms with Gasteiger partial charge in [0, 0.05) is 27.5 Å². The average Bonchev–Trinajstić information content (AvgIpc) is 3.84. The highest BCUT2D eigenvalue weighted by Crippen LogP contribution is 2.61. The molecule has 3 heteroatoms. The molecule has 0 amide bonds. The molecule has 1 spiro atoms. The SMILES string of the molecule is c1ccc(-c2ccc(-c3nc(-c4ccc5c(c4)-c4ccccc4C54c5ccccc5-c5ccccc5-c5ccccc54)cc(-c4cccc5oc6ccccc6c45)n3)cc2)cc1. The van der Waals surface area contributed by atoms with Crippen LogP contribution in [0.15, 0.2) is 223 Å². The zero-order valence-electron chi connectivity index (χ0n) is 33.6. The molecule has 0 saturated heterocycles. The average molecular weight is 789 g/mol. The Hall–Kier alpha value is -8.14. The largest absolute Gasteiger partial charge is 0.456 e. The molecule has 0 bridgehead atoms. The van der Waals surface area contributed by atoms with Crippen molar-refractivity contribution >= 4 is 21.9 Å². The summed E-state index contributed by atoms with van der Waals surface area (Å²) in [7, 11) is 0. The molecule has 0 N–H and O–H groups in total. The lowest BCUT2D eigenvalue weighted by Gasteiger charge is -2.35. The summed E-state index contributed by atoms with van der Waals surface area (Å²) in [6, 6.07) is 78.7. The Morgan fingerprint density at radius 3 is 1.48 bits per heavy atom. The van der Waals surface area contributed by atoms with E-state index in [-0.39, 0.29) is 0 Å². The Morgan fingerprint density at radius 1 is 0.306 bits per heavy atom. The molecule has 0 radical (unpaired) electrons. The number of hydrogen-bond donors (Lipinski definition) is 0. The van der Waals surface area contributed by atoms with Crippen LogP contribution in [0.3, 0.4) is 0 Å². The van der Waals surface area contributed by atoms with Gasteiger partial charge in [-0.1, -0.05) is 194 Å². The summed E-state index contributed by atoms with van der Waals surface area (Å²) in [6.45, 7) is 0. The van der Waals surface area contributed by atoms with E-state index in [4.69, 9.17) is 14.4 Å². The van der Waals surface area contributed by atoms with Crippen molar-refractivity contribution in [3.8, 4) is 78.4 Å². The van der Waals surface area contributed by atoms with E-state index in [1.165, 1.54) is 61.2 Å². The van der Waals surface area contributed by atoms with E-state index >= 15 is 0 Å². The Morgan fingerprint density at radius 2 is 0.790 bits per heavy atom. The summed E-state index contributed by atoms with van der Waals surface area (Å²) in [5, 5.41) is 2.12. The van der Waals surface area contributed by atoms with Gasteiger partial charge in [-0.05, 0) is 91.0 Å². The summed E-state index contributed by atoms with van der Waals surface area (Å²) in [5.41, 5.74) is 20.8. The van der Waals surface area contributed by atoms with E-state index in [2.05, 4.69) is 194 Å². The lowest BCUT2D eigenvalue weighted by atomic mass is 9.66. The number of fused-ring (bicyclic) bond motifs is 15. The fraction of sp³-hybridized carbons (Fsp3) is 0.0169. The predicted molar refractivity (Wildman–Crippen MR) is 253 cm³/mol. The first-order chi connectivity index (χ1) is 30.7. The third-order valence-corrected chi connectivity index (χ3v) is 13.2. The fourth-order valence-electron chi connectivity index (χ4n) is 10.5. The Bertz CT molecular complexity index is 3510. The summed E-state index contributed by atoms with van der Waals surface area (Å²) in [5.74, 6) is 0.670. The fourth-order valence-corrected chi connectivity index (χ4v) is 10.5. The van der Waals surface area contributed by atoms with Crippen LogP contribution in [0.4, 0.5) is 0 Å². The second kappa shape index (κ2) is 13.4. The van der Waals surface area contributed by atoms with E-state index in [0.717, 1.165) is 55.6 Å². The molecule has 11 aromatic rings. The lowest BCUT2D eigenvalue weighted by Crippen LogP contribution is -2.29. The van der Waals surface area contributed by atoms with E-state index in [0.29, 0.717) is 5.82 Å². The molecule has 288 valence electrons. The highest BCUT2D eigenvalue weighted by atomic mass is 16.3. The highest BCUT2D eigenvalue weighted by Gasteiger charge is 2.49. The zero-order valence-corrected chi connectivity index (χ0v) is 33.6. The zero-order chi connectivity index (χ0) is 40.8. The van der Waals surface area contributed by atoms with Gasteiger partial charge < -0.3 is 4.42 Å². The molecule has 0 atom stereocenters. The topological polar surface area (TPSA) is 38.9 Å². The van der Waals surface area contributed by atoms with Crippen LogP contribution in [0.1, 0.15) is 22.3 Å². The quantitative estimate of drug-likeness (QED) is 0.178. The van der Waals surface area contributed by atoms with Crippen molar-refractivity contribution in [2.45, 2.75) is 5.41 Å². The smallest absolute Gasteiger partial charge is 0.160 e. The minimum absolute atomic E-state index is 0.545. The molecule has 13 rings (SSSR count). The van der Waals surface area contributed by atoms with Crippen LogP contribution in [0, 0.1) is 0 Å². The van der Waals surface area contributed by atoms with Gasteiger partial charge >= 0.3 is 0 Å². The van der Waals surface area contributed by atoms with Crippen molar-refractivity contribution in [2.75, 3.05) is 0 Å². The Labute approximate surface area is 359 Å². The Kier molecular flexibility index (Phi) is 7.52. The Balaban J connectivity index is 1.05. The third-order valence-electron chi connectivity index (χ3n) is 13.2. The van der Waals surface area contributed by atoms with Gasteiger partial charge in [0.1, 0.15) is 11.2 Å². The standard InChI is InChI=1S/C59H36N2O/c1-2-15-37(16-3-1)38-29-31-39(32-30-38)58-60-53(36-54(61-58)46-23-14-28-56-57(46)47-22-9-13-27-55(47)62-56)40-33-34-52-48(35-40)45-21-8-12-26-51(45)59(52)49-24-10-6-19-43(49)41-17-4-5-18-42(41)44-20-7-11-25-50(44)59/h1-36H. The maximum absolute atomic E-state index is 6.37. The lowest BCUT2D eigenvalue weighted by molar-refractivity contribution is 0.669. The van der Waals surface area contributed by atoms with E-state index in [1.807, 2.05) is 24.3 Å². The molecule has 0 unspecified atom stereocenters. The summed E-state index contributed by atoms with van der Waals surface area (Å²) in [4.78, 5) is 10.7. The highest BCUT2D eigenvalue weighted by molar-refractivity contribution is 6.12. The molecular formula is C59H36N2O. The molecule has 62 heavy (non-hydrogen) atoms. The molecule has 0 fully saturated rings. The molecule has 0 aliphatic heterocycles. The molecule has 9 aromatic carbocycles. The van der Waals surface area contributed by atoms with E-state index in [1.54, 1.807) is 0 Å². The van der Waals surface area contributed by atoms with Crippen LogP contribution < -0.4 is 0 Å².